The van der Waals surface area contributed by atoms with Crippen LogP contribution in [0.5, 0.6) is 0 Å². The summed E-state index contributed by atoms with van der Waals surface area (Å²) in [5.41, 5.74) is 11.7. The fraction of sp³-hybridized carbons (Fsp3) is 0.0930. The minimum absolute atomic E-state index is 0.624. The highest BCUT2D eigenvalue weighted by Crippen LogP contribution is 2.35. The molecule has 0 spiro atoms. The van der Waals surface area contributed by atoms with Gasteiger partial charge in [0.05, 0.1) is 11.4 Å². The van der Waals surface area contributed by atoms with Gasteiger partial charge < -0.3 is 0 Å². The molecule has 8 rings (SSSR count). The molecule has 48 heavy (non-hydrogen) atoms. The topological polar surface area (TPSA) is 64.5 Å². The second-order valence-electron chi connectivity index (χ2n) is 12.0. The summed E-state index contributed by atoms with van der Waals surface area (Å²) < 4.78 is 0. The molecule has 6 aromatic rings. The standard InChI is InChI=1S/C43H33N5/c1-3-13-30(14-4-1)36-27-37(31-15-5-2-6-16-31)29-38(28-36)43-47-41(34-19-11-17-32(25-34)39-21-7-9-23-44-39)46-42(48-43)35-20-12-18-33(26-35)40-22-8-10-24-45-40/h1-5,7-11,13-15,17,19-29H,6,12,16,18H2. The Labute approximate surface area is 280 Å². The average molecular weight is 620 g/mol. The normalized spacial score (nSPS) is 14.2. The predicted molar refractivity (Wildman–Crippen MR) is 195 cm³/mol. The van der Waals surface area contributed by atoms with Crippen LogP contribution in [0.25, 0.3) is 61.9 Å². The van der Waals surface area contributed by atoms with E-state index < -0.39 is 0 Å². The third-order valence-electron chi connectivity index (χ3n) is 8.76. The van der Waals surface area contributed by atoms with Gasteiger partial charge in [-0.2, -0.15) is 0 Å². The van der Waals surface area contributed by atoms with Gasteiger partial charge in [-0.1, -0.05) is 85.0 Å². The fourth-order valence-electron chi connectivity index (χ4n) is 6.31. The molecule has 3 heterocycles. The van der Waals surface area contributed by atoms with E-state index in [0.29, 0.717) is 17.5 Å². The Hall–Kier alpha value is -6.07. The second-order valence-corrected chi connectivity index (χ2v) is 12.0. The van der Waals surface area contributed by atoms with Crippen molar-refractivity contribution in [3.63, 3.8) is 0 Å². The quantitative estimate of drug-likeness (QED) is 0.178. The van der Waals surface area contributed by atoms with E-state index in [9.17, 15) is 0 Å². The molecule has 0 bridgehead atoms. The number of aromatic nitrogens is 5. The molecule has 5 heteroatoms. The lowest BCUT2D eigenvalue weighted by atomic mass is 9.92. The molecule has 0 fully saturated rings. The van der Waals surface area contributed by atoms with Crippen LogP contribution in [0.3, 0.4) is 0 Å². The van der Waals surface area contributed by atoms with Gasteiger partial charge in [-0.25, -0.2) is 15.0 Å². The van der Waals surface area contributed by atoms with Crippen LogP contribution in [0, 0.1) is 0 Å². The summed E-state index contributed by atoms with van der Waals surface area (Å²) in [7, 11) is 0. The highest BCUT2D eigenvalue weighted by atomic mass is 15.0. The zero-order chi connectivity index (χ0) is 32.1. The van der Waals surface area contributed by atoms with Crippen molar-refractivity contribution in [1.82, 2.24) is 24.9 Å². The summed E-state index contributed by atoms with van der Waals surface area (Å²) in [5, 5.41) is 0. The van der Waals surface area contributed by atoms with E-state index in [0.717, 1.165) is 70.5 Å². The van der Waals surface area contributed by atoms with Crippen LogP contribution in [0.1, 0.15) is 42.8 Å². The van der Waals surface area contributed by atoms with E-state index in [1.165, 1.54) is 16.7 Å². The zero-order valence-electron chi connectivity index (χ0n) is 26.5. The molecule has 0 amide bonds. The predicted octanol–water partition coefficient (Wildman–Crippen LogP) is 10.3. The van der Waals surface area contributed by atoms with Crippen molar-refractivity contribution in [3.05, 3.63) is 169 Å². The number of benzene rings is 3. The Bertz CT molecular complexity index is 2220. The van der Waals surface area contributed by atoms with Crippen molar-refractivity contribution < 1.29 is 0 Å². The lowest BCUT2D eigenvalue weighted by Crippen LogP contribution is -2.05. The number of allylic oxidation sites excluding steroid dienone is 8. The fourth-order valence-corrected chi connectivity index (χ4v) is 6.31. The Morgan fingerprint density at radius 3 is 1.88 bits per heavy atom. The molecule has 0 radical (unpaired) electrons. The molecular weight excluding hydrogens is 587 g/mol. The minimum atomic E-state index is 0.624. The molecule has 5 nitrogen and oxygen atoms in total. The van der Waals surface area contributed by atoms with Gasteiger partial charge in [0.15, 0.2) is 17.5 Å². The first-order valence-corrected chi connectivity index (χ1v) is 16.4. The van der Waals surface area contributed by atoms with E-state index >= 15 is 0 Å². The molecule has 230 valence electrons. The van der Waals surface area contributed by atoms with Crippen LogP contribution in [0.15, 0.2) is 152 Å². The van der Waals surface area contributed by atoms with Gasteiger partial charge >= 0.3 is 0 Å². The molecule has 0 N–H and O–H groups in total. The molecule has 0 saturated carbocycles. The maximum Gasteiger partial charge on any atom is 0.164 e. The summed E-state index contributed by atoms with van der Waals surface area (Å²) >= 11 is 0. The molecule has 0 saturated heterocycles. The van der Waals surface area contributed by atoms with Gasteiger partial charge in [0.2, 0.25) is 0 Å². The van der Waals surface area contributed by atoms with Crippen molar-refractivity contribution in [2.45, 2.75) is 25.7 Å². The highest BCUT2D eigenvalue weighted by Gasteiger charge is 2.18. The van der Waals surface area contributed by atoms with E-state index in [2.05, 4.69) is 113 Å². The highest BCUT2D eigenvalue weighted by molar-refractivity contribution is 5.85. The first-order valence-electron chi connectivity index (χ1n) is 16.4. The van der Waals surface area contributed by atoms with Crippen LogP contribution >= 0.6 is 0 Å². The first kappa shape index (κ1) is 29.3. The summed E-state index contributed by atoms with van der Waals surface area (Å²) in [6.45, 7) is 0. The van der Waals surface area contributed by atoms with Crippen molar-refractivity contribution >= 4 is 16.7 Å². The van der Waals surface area contributed by atoms with E-state index in [-0.39, 0.29) is 0 Å². The van der Waals surface area contributed by atoms with Gasteiger partial charge in [-0.3, -0.25) is 9.97 Å². The number of nitrogens with zero attached hydrogens (tertiary/aromatic N) is 5. The van der Waals surface area contributed by atoms with Crippen LogP contribution < -0.4 is 0 Å². The molecule has 3 aromatic carbocycles. The monoisotopic (exact) mass is 619 g/mol. The molecule has 0 aliphatic heterocycles. The summed E-state index contributed by atoms with van der Waals surface area (Å²) in [6, 6.07) is 37.5. The van der Waals surface area contributed by atoms with Gasteiger partial charge in [0, 0.05) is 34.7 Å². The SMILES string of the molecule is C1=CCCC(c2cc(-c3ccccc3)cc(-c3nc(C4=CCCC(c5ccccn5)=C4)nc(-c4cccc(-c5ccccn5)c4)n3)c2)=C1. The number of hydrogen-bond acceptors (Lipinski definition) is 5. The van der Waals surface area contributed by atoms with Gasteiger partial charge in [-0.05, 0) is 108 Å². The van der Waals surface area contributed by atoms with Crippen molar-refractivity contribution in [1.29, 1.82) is 0 Å². The molecule has 0 atom stereocenters. The Morgan fingerprint density at radius 2 is 1.10 bits per heavy atom. The summed E-state index contributed by atoms with van der Waals surface area (Å²) in [5.74, 6) is 1.92. The first-order chi connectivity index (χ1) is 23.8. The Balaban J connectivity index is 1.31. The van der Waals surface area contributed by atoms with Gasteiger partial charge in [-0.15, -0.1) is 0 Å². The lowest BCUT2D eigenvalue weighted by molar-refractivity contribution is 1.01. The smallest absolute Gasteiger partial charge is 0.164 e. The van der Waals surface area contributed by atoms with Crippen LogP contribution in [0.2, 0.25) is 0 Å². The Morgan fingerprint density at radius 1 is 0.458 bits per heavy atom. The number of rotatable bonds is 7. The second kappa shape index (κ2) is 13.3. The van der Waals surface area contributed by atoms with E-state index in [1.807, 2.05) is 48.8 Å². The van der Waals surface area contributed by atoms with Crippen LogP contribution in [-0.4, -0.2) is 24.9 Å². The molecule has 0 unspecified atom stereocenters. The average Bonchev–Trinajstić information content (AvgIpc) is 3.19. The van der Waals surface area contributed by atoms with Crippen LogP contribution in [-0.2, 0) is 0 Å². The van der Waals surface area contributed by atoms with E-state index in [4.69, 9.17) is 15.0 Å². The lowest BCUT2D eigenvalue weighted by Gasteiger charge is -2.16. The van der Waals surface area contributed by atoms with Crippen molar-refractivity contribution in [2.24, 2.45) is 0 Å². The number of pyridine rings is 2. The molecule has 2 aliphatic rings. The maximum absolute atomic E-state index is 5.18. The third kappa shape index (κ3) is 6.31. The molecular formula is C43H33N5. The summed E-state index contributed by atoms with van der Waals surface area (Å²) in [6.07, 6.45) is 18.5. The van der Waals surface area contributed by atoms with E-state index in [1.54, 1.807) is 0 Å². The largest absolute Gasteiger partial charge is 0.257 e. The summed E-state index contributed by atoms with van der Waals surface area (Å²) in [4.78, 5) is 24.7. The minimum Gasteiger partial charge on any atom is -0.257 e. The number of hydrogen-bond donors (Lipinski definition) is 0. The van der Waals surface area contributed by atoms with Crippen LogP contribution in [0.4, 0.5) is 0 Å². The zero-order valence-corrected chi connectivity index (χ0v) is 26.5. The van der Waals surface area contributed by atoms with Crippen molar-refractivity contribution in [3.8, 4) is 45.2 Å². The Kier molecular flexibility index (Phi) is 8.16. The molecule has 3 aromatic heterocycles. The third-order valence-corrected chi connectivity index (χ3v) is 8.76. The maximum atomic E-state index is 5.18. The molecule has 2 aliphatic carbocycles. The van der Waals surface area contributed by atoms with Gasteiger partial charge in [0.1, 0.15) is 0 Å². The van der Waals surface area contributed by atoms with Gasteiger partial charge in [0.25, 0.3) is 0 Å². The van der Waals surface area contributed by atoms with Crippen molar-refractivity contribution in [2.75, 3.05) is 0 Å².